The van der Waals surface area contributed by atoms with Crippen molar-refractivity contribution >= 4 is 5.69 Å². The second kappa shape index (κ2) is 6.59. The average Bonchev–Trinajstić information content (AvgIpc) is 3.04. The zero-order valence-corrected chi connectivity index (χ0v) is 13.6. The van der Waals surface area contributed by atoms with E-state index in [-0.39, 0.29) is 6.17 Å². The van der Waals surface area contributed by atoms with Crippen molar-refractivity contribution in [2.45, 2.75) is 63.6 Å². The zero-order valence-electron chi connectivity index (χ0n) is 13.6. The summed E-state index contributed by atoms with van der Waals surface area (Å²) < 4.78 is 0. The molecule has 1 saturated carbocycles. The number of rotatable bonds is 3. The summed E-state index contributed by atoms with van der Waals surface area (Å²) in [4.78, 5) is 2.69. The molecule has 3 aliphatic rings. The number of anilines is 1. The van der Waals surface area contributed by atoms with Gasteiger partial charge in [-0.1, -0.05) is 25.3 Å². The van der Waals surface area contributed by atoms with Gasteiger partial charge in [0.15, 0.2) is 0 Å². The molecule has 1 aliphatic heterocycles. The molecule has 1 radical (unpaired) electrons. The first kappa shape index (κ1) is 14.5. The number of benzene rings is 1. The molecule has 0 aromatic heterocycles. The van der Waals surface area contributed by atoms with Crippen molar-refractivity contribution in [3.8, 4) is 0 Å². The SMILES string of the molecule is c1cc2c(cc1NC1CN(C3CCCCC3)CC[N]1)CCC2. The molecular weight excluding hydrogens is 270 g/mol. The van der Waals surface area contributed by atoms with Crippen LogP contribution in [0, 0.1) is 0 Å². The van der Waals surface area contributed by atoms with Crippen LogP contribution in [-0.2, 0) is 12.8 Å². The van der Waals surface area contributed by atoms with E-state index >= 15 is 0 Å². The van der Waals surface area contributed by atoms with E-state index in [0.29, 0.717) is 0 Å². The highest BCUT2D eigenvalue weighted by Crippen LogP contribution is 2.26. The van der Waals surface area contributed by atoms with Crippen molar-refractivity contribution in [3.05, 3.63) is 29.3 Å². The zero-order chi connectivity index (χ0) is 14.8. The molecular formula is C19H28N3. The maximum absolute atomic E-state index is 4.81. The fraction of sp³-hybridized carbons (Fsp3) is 0.684. The maximum Gasteiger partial charge on any atom is 0.106 e. The van der Waals surface area contributed by atoms with Gasteiger partial charge in [-0.25, -0.2) is 5.32 Å². The van der Waals surface area contributed by atoms with Crippen molar-refractivity contribution in [2.24, 2.45) is 0 Å². The lowest BCUT2D eigenvalue weighted by Crippen LogP contribution is -2.54. The van der Waals surface area contributed by atoms with Crippen LogP contribution in [0.4, 0.5) is 5.69 Å². The fourth-order valence-electron chi connectivity index (χ4n) is 4.44. The number of fused-ring (bicyclic) bond motifs is 1. The van der Waals surface area contributed by atoms with Crippen LogP contribution in [-0.4, -0.2) is 36.7 Å². The summed E-state index contributed by atoms with van der Waals surface area (Å²) in [6, 6.07) is 7.73. The highest BCUT2D eigenvalue weighted by molar-refractivity contribution is 5.50. The van der Waals surface area contributed by atoms with E-state index in [4.69, 9.17) is 5.32 Å². The molecule has 1 aromatic carbocycles. The van der Waals surface area contributed by atoms with Crippen LogP contribution in [0.3, 0.4) is 0 Å². The van der Waals surface area contributed by atoms with Crippen molar-refractivity contribution in [1.82, 2.24) is 10.2 Å². The van der Waals surface area contributed by atoms with Crippen LogP contribution in [0.15, 0.2) is 18.2 Å². The molecule has 0 bridgehead atoms. The van der Waals surface area contributed by atoms with E-state index in [9.17, 15) is 0 Å². The Labute approximate surface area is 134 Å². The van der Waals surface area contributed by atoms with Gasteiger partial charge in [-0.05, 0) is 55.4 Å². The van der Waals surface area contributed by atoms with Crippen LogP contribution >= 0.6 is 0 Å². The Morgan fingerprint density at radius 3 is 2.77 bits per heavy atom. The Kier molecular flexibility index (Phi) is 4.35. The van der Waals surface area contributed by atoms with Gasteiger partial charge in [0.1, 0.15) is 6.17 Å². The summed E-state index contributed by atoms with van der Waals surface area (Å²) >= 11 is 0. The molecule has 2 aliphatic carbocycles. The van der Waals surface area contributed by atoms with E-state index in [0.717, 1.165) is 25.7 Å². The standard InChI is InChI=1S/C19H28N3/c1-2-7-18(8-3-1)22-12-11-20-19(14-22)21-17-10-9-15-5-4-6-16(15)13-17/h9-10,13,18-19,21H,1-8,11-12,14H2. The van der Waals surface area contributed by atoms with Gasteiger partial charge < -0.3 is 5.32 Å². The van der Waals surface area contributed by atoms with Crippen LogP contribution in [0.1, 0.15) is 49.7 Å². The topological polar surface area (TPSA) is 29.4 Å². The monoisotopic (exact) mass is 298 g/mol. The van der Waals surface area contributed by atoms with Crippen LogP contribution < -0.4 is 10.6 Å². The smallest absolute Gasteiger partial charge is 0.106 e. The van der Waals surface area contributed by atoms with Crippen molar-refractivity contribution in [2.75, 3.05) is 25.0 Å². The molecule has 4 rings (SSSR count). The molecule has 0 amide bonds. The molecule has 1 aromatic rings. The van der Waals surface area contributed by atoms with E-state index in [1.807, 2.05) is 0 Å². The van der Waals surface area contributed by atoms with Gasteiger partial charge in [-0.2, -0.15) is 0 Å². The first-order chi connectivity index (χ1) is 10.9. The minimum atomic E-state index is 0.273. The highest BCUT2D eigenvalue weighted by Gasteiger charge is 2.27. The minimum absolute atomic E-state index is 0.273. The Bertz CT molecular complexity index is 507. The minimum Gasteiger partial charge on any atom is -0.368 e. The second-order valence-electron chi connectivity index (χ2n) is 7.19. The number of nitrogens with zero attached hydrogens (tertiary/aromatic N) is 2. The maximum atomic E-state index is 4.81. The molecule has 1 N–H and O–H groups in total. The number of hydrogen-bond donors (Lipinski definition) is 1. The Balaban J connectivity index is 1.38. The summed E-state index contributed by atoms with van der Waals surface area (Å²) in [5.41, 5.74) is 4.36. The third kappa shape index (κ3) is 3.16. The third-order valence-electron chi connectivity index (χ3n) is 5.67. The summed E-state index contributed by atoms with van der Waals surface area (Å²) in [7, 11) is 0. The normalized spacial score (nSPS) is 26.8. The van der Waals surface area contributed by atoms with Gasteiger partial charge in [0.25, 0.3) is 0 Å². The number of aryl methyl sites for hydroxylation is 2. The first-order valence-electron chi connectivity index (χ1n) is 9.17. The first-order valence-corrected chi connectivity index (χ1v) is 9.17. The summed E-state index contributed by atoms with van der Waals surface area (Å²) in [5, 5.41) is 8.48. The average molecular weight is 298 g/mol. The molecule has 1 atom stereocenters. The van der Waals surface area contributed by atoms with Gasteiger partial charge in [0.05, 0.1) is 0 Å². The van der Waals surface area contributed by atoms with Gasteiger partial charge in [0, 0.05) is 31.4 Å². The lowest BCUT2D eigenvalue weighted by atomic mass is 9.93. The van der Waals surface area contributed by atoms with Crippen molar-refractivity contribution < 1.29 is 0 Å². The van der Waals surface area contributed by atoms with Gasteiger partial charge >= 0.3 is 0 Å². The van der Waals surface area contributed by atoms with Crippen molar-refractivity contribution in [1.29, 1.82) is 0 Å². The third-order valence-corrected chi connectivity index (χ3v) is 5.67. The molecule has 3 nitrogen and oxygen atoms in total. The van der Waals surface area contributed by atoms with Crippen LogP contribution in [0.25, 0.3) is 0 Å². The Morgan fingerprint density at radius 2 is 1.86 bits per heavy atom. The van der Waals surface area contributed by atoms with Gasteiger partial charge in [0.2, 0.25) is 0 Å². The largest absolute Gasteiger partial charge is 0.368 e. The van der Waals surface area contributed by atoms with E-state index in [1.165, 1.54) is 57.1 Å². The molecule has 3 heteroatoms. The molecule has 22 heavy (non-hydrogen) atoms. The number of piperazine rings is 1. The summed E-state index contributed by atoms with van der Waals surface area (Å²) in [6.07, 6.45) is 11.2. The van der Waals surface area contributed by atoms with E-state index < -0.39 is 0 Å². The predicted molar refractivity (Wildman–Crippen MR) is 91.3 cm³/mol. The molecule has 0 spiro atoms. The fourth-order valence-corrected chi connectivity index (χ4v) is 4.44. The quantitative estimate of drug-likeness (QED) is 0.929. The molecule has 1 heterocycles. The highest BCUT2D eigenvalue weighted by atomic mass is 15.3. The second-order valence-corrected chi connectivity index (χ2v) is 7.19. The van der Waals surface area contributed by atoms with E-state index in [1.54, 1.807) is 11.1 Å². The number of nitrogens with one attached hydrogen (secondary N) is 1. The summed E-state index contributed by atoms with van der Waals surface area (Å²) in [6.45, 7) is 3.23. The Morgan fingerprint density at radius 1 is 1.00 bits per heavy atom. The lowest BCUT2D eigenvalue weighted by Gasteiger charge is -2.40. The van der Waals surface area contributed by atoms with Gasteiger partial charge in [-0.3, -0.25) is 4.90 Å². The predicted octanol–water partition coefficient (Wildman–Crippen LogP) is 3.17. The Hall–Kier alpha value is -1.06. The lowest BCUT2D eigenvalue weighted by molar-refractivity contribution is 0.120. The molecule has 1 saturated heterocycles. The van der Waals surface area contributed by atoms with E-state index in [2.05, 4.69) is 28.4 Å². The number of hydrogen-bond acceptors (Lipinski definition) is 2. The van der Waals surface area contributed by atoms with Gasteiger partial charge in [-0.15, -0.1) is 0 Å². The molecule has 119 valence electrons. The molecule has 1 unspecified atom stereocenters. The van der Waals surface area contributed by atoms with Crippen LogP contribution in [0.5, 0.6) is 0 Å². The van der Waals surface area contributed by atoms with Crippen LogP contribution in [0.2, 0.25) is 0 Å². The molecule has 2 fully saturated rings. The van der Waals surface area contributed by atoms with Crippen molar-refractivity contribution in [3.63, 3.8) is 0 Å². The summed E-state index contributed by atoms with van der Waals surface area (Å²) in [5.74, 6) is 0.